The van der Waals surface area contributed by atoms with Crippen LogP contribution in [-0.2, 0) is 13.0 Å². The fourth-order valence-electron chi connectivity index (χ4n) is 4.47. The smallest absolute Gasteiger partial charge is 0.320 e. The minimum absolute atomic E-state index is 0.317. The quantitative estimate of drug-likeness (QED) is 0.225. The van der Waals surface area contributed by atoms with Gasteiger partial charge in [-0.05, 0) is 75.5 Å². The third-order valence-electron chi connectivity index (χ3n) is 6.26. The van der Waals surface area contributed by atoms with Crippen molar-refractivity contribution in [2.24, 2.45) is 0 Å². The maximum Gasteiger partial charge on any atom is 0.322 e. The van der Waals surface area contributed by atoms with Crippen molar-refractivity contribution in [2.45, 2.75) is 13.0 Å². The Bertz CT molecular complexity index is 1520. The van der Waals surface area contributed by atoms with E-state index in [1.54, 1.807) is 29.2 Å². The van der Waals surface area contributed by atoms with E-state index in [-0.39, 0.29) is 6.03 Å². The van der Waals surface area contributed by atoms with Gasteiger partial charge < -0.3 is 10.2 Å². The first-order valence-corrected chi connectivity index (χ1v) is 12.4. The summed E-state index contributed by atoms with van der Waals surface area (Å²) in [6.45, 7) is 0.772. The molecule has 0 aliphatic rings. The van der Waals surface area contributed by atoms with Gasteiger partial charge in [0, 0.05) is 28.8 Å². The Balaban J connectivity index is 1.52. The number of hydrogen-bond acceptors (Lipinski definition) is 1. The van der Waals surface area contributed by atoms with Crippen LogP contribution in [0.1, 0.15) is 11.1 Å². The second-order valence-corrected chi connectivity index (χ2v) is 9.49. The van der Waals surface area contributed by atoms with Gasteiger partial charge in [0.2, 0.25) is 0 Å². The number of urea groups is 1. The molecule has 0 fully saturated rings. The normalized spacial score (nSPS) is 11.1. The van der Waals surface area contributed by atoms with Crippen LogP contribution in [0, 0.1) is 5.82 Å². The molecule has 180 valence electrons. The number of fused-ring (bicyclic) bond motifs is 2. The molecule has 5 aromatic rings. The SMILES string of the molecule is O=C(Nc1cccc(F)c1)N(CCc1ccc(Cl)cc1Cl)Cc1c2ccccc2cc2ccccc12. The summed E-state index contributed by atoms with van der Waals surface area (Å²) in [4.78, 5) is 15.2. The van der Waals surface area contributed by atoms with Crippen molar-refractivity contribution in [3.63, 3.8) is 0 Å². The highest BCUT2D eigenvalue weighted by Crippen LogP contribution is 2.30. The van der Waals surface area contributed by atoms with Crippen molar-refractivity contribution in [3.05, 3.63) is 124 Å². The molecule has 3 nitrogen and oxygen atoms in total. The maximum atomic E-state index is 13.8. The van der Waals surface area contributed by atoms with E-state index < -0.39 is 5.82 Å². The molecule has 5 aromatic carbocycles. The summed E-state index contributed by atoms with van der Waals surface area (Å²) in [6.07, 6.45) is 0.537. The van der Waals surface area contributed by atoms with Gasteiger partial charge in [-0.2, -0.15) is 0 Å². The van der Waals surface area contributed by atoms with E-state index in [0.717, 1.165) is 32.7 Å². The molecule has 0 spiro atoms. The number of hydrogen-bond donors (Lipinski definition) is 1. The summed E-state index contributed by atoms with van der Waals surface area (Å²) >= 11 is 12.5. The number of benzene rings is 5. The van der Waals surface area contributed by atoms with Crippen molar-refractivity contribution in [2.75, 3.05) is 11.9 Å². The number of anilines is 1. The Morgan fingerprint density at radius 1 is 0.806 bits per heavy atom. The summed E-state index contributed by atoms with van der Waals surface area (Å²) in [5.41, 5.74) is 2.35. The number of halogens is 3. The van der Waals surface area contributed by atoms with Gasteiger partial charge in [-0.15, -0.1) is 0 Å². The number of amides is 2. The maximum absolute atomic E-state index is 13.8. The summed E-state index contributed by atoms with van der Waals surface area (Å²) < 4.78 is 13.8. The number of nitrogens with one attached hydrogen (secondary N) is 1. The molecule has 0 heterocycles. The molecule has 0 aromatic heterocycles. The lowest BCUT2D eigenvalue weighted by atomic mass is 9.96. The van der Waals surface area contributed by atoms with Crippen LogP contribution in [0.2, 0.25) is 10.0 Å². The molecule has 6 heteroatoms. The van der Waals surface area contributed by atoms with Gasteiger partial charge in [0.05, 0.1) is 0 Å². The van der Waals surface area contributed by atoms with Gasteiger partial charge in [0.25, 0.3) is 0 Å². The average Bonchev–Trinajstić information content (AvgIpc) is 2.87. The summed E-state index contributed by atoms with van der Waals surface area (Å²) in [6, 6.07) is 29.5. The van der Waals surface area contributed by atoms with Gasteiger partial charge in [-0.1, -0.05) is 83.9 Å². The standard InChI is InChI=1S/C30H23Cl2FN2O/c31-23-13-12-20(29(32)17-23)14-15-35(30(36)34-25-9-5-8-24(33)18-25)19-28-26-10-3-1-6-21(26)16-22-7-2-4-11-27(22)28/h1-13,16-18H,14-15,19H2,(H,34,36). The molecule has 0 unspecified atom stereocenters. The minimum Gasteiger partial charge on any atom is -0.320 e. The summed E-state index contributed by atoms with van der Waals surface area (Å²) in [7, 11) is 0. The predicted molar refractivity (Wildman–Crippen MR) is 147 cm³/mol. The van der Waals surface area contributed by atoms with Crippen LogP contribution in [-0.4, -0.2) is 17.5 Å². The largest absolute Gasteiger partial charge is 0.322 e. The van der Waals surface area contributed by atoms with E-state index >= 15 is 0 Å². The zero-order valence-electron chi connectivity index (χ0n) is 19.3. The van der Waals surface area contributed by atoms with Crippen molar-refractivity contribution in [1.29, 1.82) is 0 Å². The van der Waals surface area contributed by atoms with E-state index in [4.69, 9.17) is 23.2 Å². The van der Waals surface area contributed by atoms with Gasteiger partial charge in [0.15, 0.2) is 0 Å². The summed E-state index contributed by atoms with van der Waals surface area (Å²) in [5, 5.41) is 8.36. The van der Waals surface area contributed by atoms with Crippen LogP contribution in [0.15, 0.2) is 97.1 Å². The first-order chi connectivity index (χ1) is 17.5. The van der Waals surface area contributed by atoms with Crippen molar-refractivity contribution >= 4 is 56.5 Å². The zero-order chi connectivity index (χ0) is 25.1. The third kappa shape index (κ3) is 5.30. The zero-order valence-corrected chi connectivity index (χ0v) is 20.9. The topological polar surface area (TPSA) is 32.3 Å². The van der Waals surface area contributed by atoms with E-state index in [9.17, 15) is 9.18 Å². The van der Waals surface area contributed by atoms with Crippen LogP contribution >= 0.6 is 23.2 Å². The van der Waals surface area contributed by atoms with E-state index in [1.807, 2.05) is 30.3 Å². The Kier molecular flexibility index (Phi) is 7.08. The Morgan fingerprint density at radius 2 is 1.50 bits per heavy atom. The fourth-order valence-corrected chi connectivity index (χ4v) is 4.97. The molecular weight excluding hydrogens is 494 g/mol. The van der Waals surface area contributed by atoms with Crippen molar-refractivity contribution in [3.8, 4) is 0 Å². The monoisotopic (exact) mass is 516 g/mol. The first-order valence-electron chi connectivity index (χ1n) is 11.6. The number of carbonyl (C=O) groups is 1. The average molecular weight is 517 g/mol. The molecule has 0 radical (unpaired) electrons. The van der Waals surface area contributed by atoms with Crippen LogP contribution in [0.3, 0.4) is 0 Å². The molecule has 2 amide bonds. The molecular formula is C30H23Cl2FN2O. The summed E-state index contributed by atoms with van der Waals surface area (Å²) in [5.74, 6) is -0.410. The highest BCUT2D eigenvalue weighted by molar-refractivity contribution is 6.35. The number of rotatable bonds is 6. The molecule has 0 atom stereocenters. The molecule has 0 bridgehead atoms. The highest BCUT2D eigenvalue weighted by Gasteiger charge is 2.18. The molecule has 0 saturated heterocycles. The van der Waals surface area contributed by atoms with E-state index in [0.29, 0.717) is 35.2 Å². The minimum atomic E-state index is -0.410. The molecule has 36 heavy (non-hydrogen) atoms. The molecule has 0 aliphatic carbocycles. The molecule has 5 rings (SSSR count). The van der Waals surface area contributed by atoms with Crippen molar-refractivity contribution in [1.82, 2.24) is 4.90 Å². The Hall–Kier alpha value is -3.60. The van der Waals surface area contributed by atoms with E-state index in [2.05, 4.69) is 35.6 Å². The van der Waals surface area contributed by atoms with Crippen LogP contribution in [0.4, 0.5) is 14.9 Å². The lowest BCUT2D eigenvalue weighted by Gasteiger charge is -2.25. The van der Waals surface area contributed by atoms with Crippen LogP contribution in [0.25, 0.3) is 21.5 Å². The lowest BCUT2D eigenvalue weighted by Crippen LogP contribution is -2.36. The lowest BCUT2D eigenvalue weighted by molar-refractivity contribution is 0.210. The Labute approximate surface area is 219 Å². The fraction of sp³-hybridized carbons (Fsp3) is 0.100. The predicted octanol–water partition coefficient (Wildman–Crippen LogP) is 8.72. The second kappa shape index (κ2) is 10.6. The molecule has 0 aliphatic heterocycles. The third-order valence-corrected chi connectivity index (χ3v) is 6.85. The van der Waals surface area contributed by atoms with Gasteiger partial charge >= 0.3 is 6.03 Å². The molecule has 0 saturated carbocycles. The second-order valence-electron chi connectivity index (χ2n) is 8.65. The molecule has 1 N–H and O–H groups in total. The van der Waals surface area contributed by atoms with Crippen molar-refractivity contribution < 1.29 is 9.18 Å². The van der Waals surface area contributed by atoms with Gasteiger partial charge in [0.1, 0.15) is 5.82 Å². The van der Waals surface area contributed by atoms with Crippen LogP contribution in [0.5, 0.6) is 0 Å². The van der Waals surface area contributed by atoms with Crippen LogP contribution < -0.4 is 5.32 Å². The van der Waals surface area contributed by atoms with Gasteiger partial charge in [-0.3, -0.25) is 0 Å². The van der Waals surface area contributed by atoms with Gasteiger partial charge in [-0.25, -0.2) is 9.18 Å². The highest BCUT2D eigenvalue weighted by atomic mass is 35.5. The van der Waals surface area contributed by atoms with E-state index in [1.165, 1.54) is 12.1 Å². The Morgan fingerprint density at radius 3 is 2.17 bits per heavy atom. The number of carbonyl (C=O) groups excluding carboxylic acids is 1. The first kappa shape index (κ1) is 24.1. The number of nitrogens with zero attached hydrogens (tertiary/aromatic N) is 1.